The van der Waals surface area contributed by atoms with E-state index >= 15 is 0 Å². The fraction of sp³-hybridized carbons (Fsp3) is 0.571. The van der Waals surface area contributed by atoms with Crippen molar-refractivity contribution in [2.75, 3.05) is 7.11 Å². The number of ether oxygens (including phenoxy) is 1. The molecule has 162 valence electrons. The molecule has 1 N–H and O–H groups in total. The summed E-state index contributed by atoms with van der Waals surface area (Å²) in [7, 11) is 2.98. The van der Waals surface area contributed by atoms with Crippen molar-refractivity contribution in [3.8, 4) is 10.6 Å². The van der Waals surface area contributed by atoms with E-state index in [-0.39, 0.29) is 29.4 Å². The van der Waals surface area contributed by atoms with Crippen LogP contribution in [0.15, 0.2) is 4.79 Å². The summed E-state index contributed by atoms with van der Waals surface area (Å²) in [5.74, 6) is -0.890. The number of amides is 1. The number of carbonyl (C=O) groups is 2. The number of rotatable bonds is 4. The van der Waals surface area contributed by atoms with Crippen molar-refractivity contribution in [1.29, 1.82) is 0 Å². The van der Waals surface area contributed by atoms with Gasteiger partial charge in [-0.15, -0.1) is 11.3 Å². The third kappa shape index (κ3) is 4.30. The first-order valence-corrected chi connectivity index (χ1v) is 11.0. The van der Waals surface area contributed by atoms with E-state index < -0.39 is 0 Å². The van der Waals surface area contributed by atoms with Crippen LogP contribution in [0.4, 0.5) is 0 Å². The predicted octanol–water partition coefficient (Wildman–Crippen LogP) is 2.68. The summed E-state index contributed by atoms with van der Waals surface area (Å²) in [6, 6.07) is -0.268. The molecule has 1 aliphatic carbocycles. The topological polar surface area (TPSA) is 103 Å². The van der Waals surface area contributed by atoms with Crippen LogP contribution in [0.3, 0.4) is 0 Å². The number of hydrogen-bond donors (Lipinski definition) is 1. The minimum atomic E-state index is -0.341. The Morgan fingerprint density at radius 1 is 1.13 bits per heavy atom. The molecular weight excluding hydrogens is 404 g/mol. The second kappa shape index (κ2) is 9.07. The molecule has 8 nitrogen and oxygen atoms in total. The van der Waals surface area contributed by atoms with Crippen LogP contribution in [0.1, 0.15) is 58.7 Å². The van der Waals surface area contributed by atoms with Gasteiger partial charge in [0.2, 0.25) is 0 Å². The Morgan fingerprint density at radius 2 is 1.83 bits per heavy atom. The second-order valence-electron chi connectivity index (χ2n) is 7.80. The minimum Gasteiger partial charge on any atom is -0.469 e. The van der Waals surface area contributed by atoms with Gasteiger partial charge in [0.25, 0.3) is 11.5 Å². The van der Waals surface area contributed by atoms with Gasteiger partial charge < -0.3 is 10.1 Å². The van der Waals surface area contributed by atoms with Crippen LogP contribution in [0.2, 0.25) is 0 Å². The fourth-order valence-corrected chi connectivity index (χ4v) is 5.03. The number of hydrogen-bond acceptors (Lipinski definition) is 7. The molecule has 3 rings (SSSR count). The molecule has 2 heterocycles. The average Bonchev–Trinajstić information content (AvgIpc) is 2.94. The van der Waals surface area contributed by atoms with Gasteiger partial charge in [-0.3, -0.25) is 14.4 Å². The summed E-state index contributed by atoms with van der Waals surface area (Å²) < 4.78 is 6.25. The third-order valence-corrected chi connectivity index (χ3v) is 6.95. The highest BCUT2D eigenvalue weighted by Crippen LogP contribution is 2.30. The van der Waals surface area contributed by atoms with Gasteiger partial charge in [-0.25, -0.2) is 9.67 Å². The van der Waals surface area contributed by atoms with Crippen molar-refractivity contribution in [3.05, 3.63) is 32.2 Å². The van der Waals surface area contributed by atoms with E-state index in [0.717, 1.165) is 36.9 Å². The maximum absolute atomic E-state index is 13.1. The predicted molar refractivity (Wildman–Crippen MR) is 115 cm³/mol. The molecule has 0 radical (unpaired) electrons. The molecule has 0 saturated heterocycles. The van der Waals surface area contributed by atoms with Gasteiger partial charge in [0.15, 0.2) is 0 Å². The van der Waals surface area contributed by atoms with Crippen LogP contribution in [0.25, 0.3) is 10.6 Å². The fourth-order valence-electron chi connectivity index (χ4n) is 3.96. The third-order valence-electron chi connectivity index (χ3n) is 5.78. The molecule has 1 aliphatic rings. The Kier molecular flexibility index (Phi) is 6.70. The van der Waals surface area contributed by atoms with Crippen LogP contribution in [0, 0.1) is 26.7 Å². The van der Waals surface area contributed by atoms with Crippen molar-refractivity contribution in [3.63, 3.8) is 0 Å². The Morgan fingerprint density at radius 3 is 2.53 bits per heavy atom. The highest BCUT2D eigenvalue weighted by atomic mass is 32.1. The number of esters is 1. The highest BCUT2D eigenvalue weighted by molar-refractivity contribution is 7.17. The molecule has 2 aromatic rings. The molecule has 2 aromatic heterocycles. The number of nitrogens with zero attached hydrogens (tertiary/aromatic N) is 3. The first-order chi connectivity index (χ1) is 14.2. The molecule has 0 unspecified atom stereocenters. The summed E-state index contributed by atoms with van der Waals surface area (Å²) >= 11 is 1.20. The number of nitrogens with one attached hydrogen (secondary N) is 1. The molecule has 1 amide bonds. The van der Waals surface area contributed by atoms with E-state index in [1.165, 1.54) is 23.1 Å². The van der Waals surface area contributed by atoms with Crippen molar-refractivity contribution in [2.24, 2.45) is 13.0 Å². The number of thiazole rings is 1. The standard InChI is InChI=1S/C21H28N4O4S/c1-11-12(2)24-25(4)20(27)16(11)19-22-13(3)17(30-19)18(26)23-15-10-8-6-7-9-14(15)21(28)29-5/h14-15H,6-10H2,1-5H3,(H,23,26)/t14-,15-/m1/s1. The molecule has 0 aromatic carbocycles. The monoisotopic (exact) mass is 432 g/mol. The SMILES string of the molecule is COC(=O)[C@@H]1CCCCC[C@H]1NC(=O)c1sc(-c2c(C)c(C)nn(C)c2=O)nc1C. The lowest BCUT2D eigenvalue weighted by Gasteiger charge is -2.23. The van der Waals surface area contributed by atoms with E-state index in [2.05, 4.69) is 15.4 Å². The molecule has 9 heteroatoms. The number of aromatic nitrogens is 3. The molecular formula is C21H28N4O4S. The molecule has 1 saturated carbocycles. The Bertz CT molecular complexity index is 1030. The van der Waals surface area contributed by atoms with Crippen molar-refractivity contribution in [1.82, 2.24) is 20.1 Å². The van der Waals surface area contributed by atoms with Gasteiger partial charge in [-0.2, -0.15) is 5.10 Å². The van der Waals surface area contributed by atoms with Crippen LogP contribution >= 0.6 is 11.3 Å². The summed E-state index contributed by atoms with van der Waals surface area (Å²) in [6.45, 7) is 5.43. The van der Waals surface area contributed by atoms with Gasteiger partial charge in [0.05, 0.1) is 30.0 Å². The number of carbonyl (C=O) groups excluding carboxylic acids is 2. The minimum absolute atomic E-state index is 0.242. The summed E-state index contributed by atoms with van der Waals surface area (Å²) in [4.78, 5) is 42.9. The van der Waals surface area contributed by atoms with E-state index in [1.54, 1.807) is 14.0 Å². The highest BCUT2D eigenvalue weighted by Gasteiger charge is 2.32. The van der Waals surface area contributed by atoms with Gasteiger partial charge in [-0.1, -0.05) is 19.3 Å². The van der Waals surface area contributed by atoms with E-state index in [1.807, 2.05) is 13.8 Å². The Hall–Kier alpha value is -2.55. The number of methoxy groups -OCH3 is 1. The summed E-state index contributed by atoms with van der Waals surface area (Å²) in [5.41, 5.74) is 2.29. The quantitative estimate of drug-likeness (QED) is 0.589. The Labute approximate surface area is 179 Å². The summed E-state index contributed by atoms with van der Waals surface area (Å²) in [6.07, 6.45) is 4.37. The molecule has 2 atom stereocenters. The molecule has 0 bridgehead atoms. The van der Waals surface area contributed by atoms with E-state index in [0.29, 0.717) is 27.6 Å². The lowest BCUT2D eigenvalue weighted by Crippen LogP contribution is -2.43. The first-order valence-electron chi connectivity index (χ1n) is 10.2. The largest absolute Gasteiger partial charge is 0.469 e. The molecule has 0 aliphatic heterocycles. The molecule has 0 spiro atoms. The maximum atomic E-state index is 13.1. The maximum Gasteiger partial charge on any atom is 0.310 e. The van der Waals surface area contributed by atoms with Crippen LogP contribution < -0.4 is 10.9 Å². The lowest BCUT2D eigenvalue weighted by atomic mass is 9.94. The van der Waals surface area contributed by atoms with Gasteiger partial charge >= 0.3 is 5.97 Å². The smallest absolute Gasteiger partial charge is 0.310 e. The number of aryl methyl sites for hydroxylation is 3. The zero-order valence-electron chi connectivity index (χ0n) is 18.1. The van der Waals surface area contributed by atoms with Crippen molar-refractivity contribution < 1.29 is 14.3 Å². The molecule has 1 fully saturated rings. The van der Waals surface area contributed by atoms with Crippen molar-refractivity contribution in [2.45, 2.75) is 58.9 Å². The zero-order valence-corrected chi connectivity index (χ0v) is 18.9. The normalized spacial score (nSPS) is 19.2. The Balaban J connectivity index is 1.91. The lowest BCUT2D eigenvalue weighted by molar-refractivity contribution is -0.146. The first kappa shape index (κ1) is 22.1. The summed E-state index contributed by atoms with van der Waals surface area (Å²) in [5, 5.41) is 7.74. The van der Waals surface area contributed by atoms with Crippen LogP contribution in [0.5, 0.6) is 0 Å². The van der Waals surface area contributed by atoms with Gasteiger partial charge in [0, 0.05) is 13.1 Å². The second-order valence-corrected chi connectivity index (χ2v) is 8.79. The van der Waals surface area contributed by atoms with Crippen molar-refractivity contribution >= 4 is 23.2 Å². The zero-order chi connectivity index (χ0) is 22.0. The average molecular weight is 433 g/mol. The van der Waals surface area contributed by atoms with E-state index in [9.17, 15) is 14.4 Å². The molecule has 30 heavy (non-hydrogen) atoms. The van der Waals surface area contributed by atoms with Gasteiger partial charge in [0.1, 0.15) is 9.88 Å². The van der Waals surface area contributed by atoms with Gasteiger partial charge in [-0.05, 0) is 39.2 Å². The van der Waals surface area contributed by atoms with E-state index in [4.69, 9.17) is 4.74 Å². The van der Waals surface area contributed by atoms with Crippen LogP contribution in [-0.4, -0.2) is 39.8 Å². The van der Waals surface area contributed by atoms with Crippen LogP contribution in [-0.2, 0) is 16.6 Å².